The number of imidazole rings is 1. The number of nitrogens with one attached hydrogen (secondary N) is 1. The quantitative estimate of drug-likeness (QED) is 0.678. The zero-order valence-electron chi connectivity index (χ0n) is 8.19. The SMILES string of the molecule is Cc1nc(-c2nc3ccccc3[nH]2)cs1. The van der Waals surface area contributed by atoms with E-state index in [0.717, 1.165) is 27.6 Å². The molecule has 1 N–H and O–H groups in total. The number of aryl methyl sites for hydroxylation is 1. The van der Waals surface area contributed by atoms with E-state index < -0.39 is 0 Å². The molecule has 0 unspecified atom stereocenters. The fraction of sp³-hybridized carbons (Fsp3) is 0.0909. The summed E-state index contributed by atoms with van der Waals surface area (Å²) >= 11 is 1.64. The molecule has 2 aromatic heterocycles. The molecule has 74 valence electrons. The van der Waals surface area contributed by atoms with Crippen molar-refractivity contribution in [3.63, 3.8) is 0 Å². The van der Waals surface area contributed by atoms with Crippen LogP contribution in [0.2, 0.25) is 0 Å². The molecule has 0 saturated heterocycles. The lowest BCUT2D eigenvalue weighted by molar-refractivity contribution is 1.23. The summed E-state index contributed by atoms with van der Waals surface area (Å²) in [6.07, 6.45) is 0. The van der Waals surface area contributed by atoms with Gasteiger partial charge in [-0.05, 0) is 19.1 Å². The van der Waals surface area contributed by atoms with E-state index in [1.165, 1.54) is 0 Å². The lowest BCUT2D eigenvalue weighted by Gasteiger charge is -1.85. The molecular formula is C11H9N3S. The minimum Gasteiger partial charge on any atom is -0.337 e. The van der Waals surface area contributed by atoms with Crippen molar-refractivity contribution in [2.45, 2.75) is 6.92 Å². The Bertz CT molecular complexity index is 576. The van der Waals surface area contributed by atoms with Crippen molar-refractivity contribution >= 4 is 22.4 Å². The minimum atomic E-state index is 0.848. The number of fused-ring (bicyclic) bond motifs is 1. The lowest BCUT2D eigenvalue weighted by atomic mass is 10.3. The first-order valence-electron chi connectivity index (χ1n) is 4.70. The summed E-state index contributed by atoms with van der Waals surface area (Å²) in [5.41, 5.74) is 2.96. The topological polar surface area (TPSA) is 41.6 Å². The number of hydrogen-bond donors (Lipinski definition) is 1. The second kappa shape index (κ2) is 3.17. The predicted octanol–water partition coefficient (Wildman–Crippen LogP) is 2.99. The number of H-pyrrole nitrogens is 1. The van der Waals surface area contributed by atoms with E-state index in [9.17, 15) is 0 Å². The van der Waals surface area contributed by atoms with Crippen LogP contribution in [0.4, 0.5) is 0 Å². The summed E-state index contributed by atoms with van der Waals surface area (Å²) < 4.78 is 0. The van der Waals surface area contributed by atoms with Crippen LogP contribution >= 0.6 is 11.3 Å². The third-order valence-corrected chi connectivity index (χ3v) is 3.02. The first kappa shape index (κ1) is 8.61. The van der Waals surface area contributed by atoms with Gasteiger partial charge in [-0.2, -0.15) is 0 Å². The van der Waals surface area contributed by atoms with Crippen LogP contribution in [0.3, 0.4) is 0 Å². The van der Waals surface area contributed by atoms with Gasteiger partial charge in [0.25, 0.3) is 0 Å². The average molecular weight is 215 g/mol. The zero-order chi connectivity index (χ0) is 10.3. The second-order valence-electron chi connectivity index (χ2n) is 3.35. The molecule has 0 amide bonds. The Balaban J connectivity index is 2.19. The Morgan fingerprint density at radius 3 is 2.80 bits per heavy atom. The number of hydrogen-bond acceptors (Lipinski definition) is 3. The van der Waals surface area contributed by atoms with Crippen molar-refractivity contribution in [2.24, 2.45) is 0 Å². The molecule has 0 saturated carbocycles. The zero-order valence-corrected chi connectivity index (χ0v) is 9.01. The van der Waals surface area contributed by atoms with E-state index in [0.29, 0.717) is 0 Å². The number of benzene rings is 1. The lowest BCUT2D eigenvalue weighted by Crippen LogP contribution is -1.79. The van der Waals surface area contributed by atoms with Crippen molar-refractivity contribution in [1.29, 1.82) is 0 Å². The Labute approximate surface area is 90.8 Å². The number of nitrogens with zero attached hydrogens (tertiary/aromatic N) is 2. The standard InChI is InChI=1S/C11H9N3S/c1-7-12-10(6-15-7)11-13-8-4-2-3-5-9(8)14-11/h2-6H,1H3,(H,13,14). The highest BCUT2D eigenvalue weighted by atomic mass is 32.1. The van der Waals surface area contributed by atoms with E-state index >= 15 is 0 Å². The normalized spacial score (nSPS) is 11.0. The van der Waals surface area contributed by atoms with Gasteiger partial charge in [-0.25, -0.2) is 9.97 Å². The Morgan fingerprint density at radius 2 is 2.07 bits per heavy atom. The van der Waals surface area contributed by atoms with Crippen LogP contribution in [0, 0.1) is 6.92 Å². The third kappa shape index (κ3) is 1.43. The molecule has 4 heteroatoms. The molecule has 0 radical (unpaired) electrons. The van der Waals surface area contributed by atoms with Crippen LogP contribution in [0.15, 0.2) is 29.6 Å². The van der Waals surface area contributed by atoms with Gasteiger partial charge in [-0.15, -0.1) is 11.3 Å². The molecule has 0 aliphatic rings. The molecule has 1 aromatic carbocycles. The Kier molecular flexibility index (Phi) is 1.82. The summed E-state index contributed by atoms with van der Waals surface area (Å²) in [6.45, 7) is 2.00. The van der Waals surface area contributed by atoms with E-state index in [-0.39, 0.29) is 0 Å². The van der Waals surface area contributed by atoms with E-state index in [1.807, 2.05) is 36.6 Å². The van der Waals surface area contributed by atoms with Gasteiger partial charge in [0.2, 0.25) is 0 Å². The van der Waals surface area contributed by atoms with Crippen molar-refractivity contribution in [2.75, 3.05) is 0 Å². The van der Waals surface area contributed by atoms with Crippen LogP contribution in [-0.4, -0.2) is 15.0 Å². The average Bonchev–Trinajstić information content (AvgIpc) is 2.82. The Hall–Kier alpha value is -1.68. The van der Waals surface area contributed by atoms with Gasteiger partial charge in [0.15, 0.2) is 5.82 Å². The van der Waals surface area contributed by atoms with Crippen LogP contribution < -0.4 is 0 Å². The maximum atomic E-state index is 4.48. The van der Waals surface area contributed by atoms with Gasteiger partial charge in [0, 0.05) is 5.38 Å². The van der Waals surface area contributed by atoms with Crippen LogP contribution in [-0.2, 0) is 0 Å². The highest BCUT2D eigenvalue weighted by Crippen LogP contribution is 2.21. The van der Waals surface area contributed by atoms with Crippen molar-refractivity contribution in [3.8, 4) is 11.5 Å². The molecule has 0 aliphatic carbocycles. The van der Waals surface area contributed by atoms with E-state index in [1.54, 1.807) is 11.3 Å². The van der Waals surface area contributed by atoms with Crippen molar-refractivity contribution in [3.05, 3.63) is 34.7 Å². The number of thiazole rings is 1. The molecule has 3 nitrogen and oxygen atoms in total. The summed E-state index contributed by atoms with van der Waals surface area (Å²) in [7, 11) is 0. The van der Waals surface area contributed by atoms with Crippen LogP contribution in [0.1, 0.15) is 5.01 Å². The summed E-state index contributed by atoms with van der Waals surface area (Å²) in [5.74, 6) is 0.848. The molecule has 0 aliphatic heterocycles. The molecule has 0 atom stereocenters. The van der Waals surface area contributed by atoms with Gasteiger partial charge in [-0.3, -0.25) is 0 Å². The summed E-state index contributed by atoms with van der Waals surface area (Å²) in [6, 6.07) is 8.00. The maximum Gasteiger partial charge on any atom is 0.158 e. The van der Waals surface area contributed by atoms with Gasteiger partial charge in [0.05, 0.1) is 16.0 Å². The predicted molar refractivity (Wildman–Crippen MR) is 61.9 cm³/mol. The van der Waals surface area contributed by atoms with Gasteiger partial charge < -0.3 is 4.98 Å². The number of aromatic nitrogens is 3. The largest absolute Gasteiger partial charge is 0.337 e. The van der Waals surface area contributed by atoms with E-state index in [2.05, 4.69) is 15.0 Å². The summed E-state index contributed by atoms with van der Waals surface area (Å²) in [4.78, 5) is 12.1. The first-order valence-corrected chi connectivity index (χ1v) is 5.58. The molecular weight excluding hydrogens is 206 g/mol. The molecule has 3 aromatic rings. The van der Waals surface area contributed by atoms with Crippen molar-refractivity contribution < 1.29 is 0 Å². The number of para-hydroxylation sites is 2. The number of rotatable bonds is 1. The summed E-state index contributed by atoms with van der Waals surface area (Å²) in [5, 5.41) is 3.08. The highest BCUT2D eigenvalue weighted by Gasteiger charge is 2.06. The van der Waals surface area contributed by atoms with Gasteiger partial charge in [0.1, 0.15) is 5.69 Å². The van der Waals surface area contributed by atoms with Gasteiger partial charge >= 0.3 is 0 Å². The fourth-order valence-corrected chi connectivity index (χ4v) is 2.14. The van der Waals surface area contributed by atoms with Crippen LogP contribution in [0.5, 0.6) is 0 Å². The molecule has 0 bridgehead atoms. The monoisotopic (exact) mass is 215 g/mol. The molecule has 15 heavy (non-hydrogen) atoms. The second-order valence-corrected chi connectivity index (χ2v) is 4.42. The molecule has 2 heterocycles. The molecule has 3 rings (SSSR count). The highest BCUT2D eigenvalue weighted by molar-refractivity contribution is 7.09. The molecule has 0 fully saturated rings. The maximum absolute atomic E-state index is 4.48. The minimum absolute atomic E-state index is 0.848. The van der Waals surface area contributed by atoms with Crippen LogP contribution in [0.25, 0.3) is 22.6 Å². The smallest absolute Gasteiger partial charge is 0.158 e. The van der Waals surface area contributed by atoms with E-state index in [4.69, 9.17) is 0 Å². The van der Waals surface area contributed by atoms with Gasteiger partial charge in [-0.1, -0.05) is 12.1 Å². The Morgan fingerprint density at radius 1 is 1.20 bits per heavy atom. The fourth-order valence-electron chi connectivity index (χ4n) is 1.55. The molecule has 0 spiro atoms. The number of aromatic amines is 1. The van der Waals surface area contributed by atoms with Crippen molar-refractivity contribution in [1.82, 2.24) is 15.0 Å². The first-order chi connectivity index (χ1) is 7.33. The third-order valence-electron chi connectivity index (χ3n) is 2.25.